The zero-order chi connectivity index (χ0) is 32.5. The minimum Gasteiger partial charge on any atom is -0.497 e. The summed E-state index contributed by atoms with van der Waals surface area (Å²) in [6.45, 7) is 1.47. The Bertz CT molecular complexity index is 1730. The van der Waals surface area contributed by atoms with E-state index in [-0.39, 0.29) is 36.2 Å². The molecular formula is C36H38ClN3O5S. The van der Waals surface area contributed by atoms with Gasteiger partial charge in [-0.2, -0.15) is 4.31 Å². The Morgan fingerprint density at radius 2 is 1.50 bits per heavy atom. The van der Waals surface area contributed by atoms with E-state index in [4.69, 9.17) is 16.3 Å². The smallest absolute Gasteiger partial charge is 0.247 e. The quantitative estimate of drug-likeness (QED) is 0.186. The third kappa shape index (κ3) is 8.15. The lowest BCUT2D eigenvalue weighted by Gasteiger charge is -2.32. The lowest BCUT2D eigenvalue weighted by molar-refractivity contribution is -0.141. The number of nitrogens with one attached hydrogen (secondary N) is 1. The van der Waals surface area contributed by atoms with Gasteiger partial charge in [0.15, 0.2) is 0 Å². The summed E-state index contributed by atoms with van der Waals surface area (Å²) >= 11 is 6.35. The van der Waals surface area contributed by atoms with E-state index in [1.54, 1.807) is 42.3 Å². The third-order valence-electron chi connectivity index (χ3n) is 8.17. The summed E-state index contributed by atoms with van der Waals surface area (Å²) in [7, 11) is -1.93. The molecular weight excluding hydrogens is 622 g/mol. The van der Waals surface area contributed by atoms with Gasteiger partial charge in [-0.25, -0.2) is 8.42 Å². The van der Waals surface area contributed by atoms with Gasteiger partial charge in [-0.1, -0.05) is 84.4 Å². The molecule has 2 amide bonds. The first kappa shape index (κ1) is 33.2. The second kappa shape index (κ2) is 15.4. The number of amides is 2. The molecule has 0 radical (unpaired) electrons. The molecule has 46 heavy (non-hydrogen) atoms. The normalized spacial score (nSPS) is 14.0. The largest absolute Gasteiger partial charge is 0.497 e. The van der Waals surface area contributed by atoms with E-state index in [1.165, 1.54) is 4.31 Å². The molecule has 0 aliphatic carbocycles. The number of carbonyl (C=O) groups is 2. The number of hydrogen-bond donors (Lipinski definition) is 1. The Morgan fingerprint density at radius 1 is 0.870 bits per heavy atom. The molecule has 0 spiro atoms. The van der Waals surface area contributed by atoms with Crippen molar-refractivity contribution in [2.24, 2.45) is 0 Å². The SMILES string of the molecule is COc1ccc(CN(C(=O)CCc2ccc(S(=O)(=O)N3CCCC3)cc2)C(C(=O)NCc2ccccc2Cl)c2ccccc2)cc1. The van der Waals surface area contributed by atoms with Crippen LogP contribution in [0.3, 0.4) is 0 Å². The molecule has 1 unspecified atom stereocenters. The van der Waals surface area contributed by atoms with E-state index in [2.05, 4.69) is 5.32 Å². The molecule has 5 rings (SSSR count). The maximum Gasteiger partial charge on any atom is 0.247 e. The van der Waals surface area contributed by atoms with Gasteiger partial charge in [0, 0.05) is 37.6 Å². The Labute approximate surface area is 276 Å². The van der Waals surface area contributed by atoms with Crippen molar-refractivity contribution in [3.8, 4) is 5.75 Å². The number of ether oxygens (including phenoxy) is 1. The number of nitrogens with zero attached hydrogens (tertiary/aromatic N) is 2. The van der Waals surface area contributed by atoms with Gasteiger partial charge in [-0.05, 0) is 71.8 Å². The standard InChI is InChI=1S/C36H38ClN3O5S/c1-45-31-18-13-28(14-19-31)26-40(34(41)22-17-27-15-20-32(21-16-27)46(43,44)39-23-7-8-24-39)35(29-9-3-2-4-10-29)36(42)38-25-30-11-5-6-12-33(30)37/h2-6,9-16,18-21,35H,7-8,17,22-26H2,1H3,(H,38,42). The lowest BCUT2D eigenvalue weighted by atomic mass is 10.0. The van der Waals surface area contributed by atoms with Crippen molar-refractivity contribution in [1.29, 1.82) is 0 Å². The van der Waals surface area contributed by atoms with Gasteiger partial charge in [0.2, 0.25) is 21.8 Å². The summed E-state index contributed by atoms with van der Waals surface area (Å²) < 4.78 is 32.8. The summed E-state index contributed by atoms with van der Waals surface area (Å²) in [5.41, 5.74) is 3.12. The minimum absolute atomic E-state index is 0.121. The molecule has 0 bridgehead atoms. The molecule has 1 atom stereocenters. The Morgan fingerprint density at radius 3 is 2.15 bits per heavy atom. The first-order chi connectivity index (χ1) is 22.3. The van der Waals surface area contributed by atoms with Crippen LogP contribution in [0, 0.1) is 0 Å². The Hall–Kier alpha value is -4.18. The monoisotopic (exact) mass is 659 g/mol. The van der Waals surface area contributed by atoms with Gasteiger partial charge < -0.3 is 15.0 Å². The van der Waals surface area contributed by atoms with Crippen molar-refractivity contribution in [2.75, 3.05) is 20.2 Å². The van der Waals surface area contributed by atoms with Crippen LogP contribution in [0.4, 0.5) is 0 Å². The van der Waals surface area contributed by atoms with Crippen molar-refractivity contribution >= 4 is 33.4 Å². The average molecular weight is 660 g/mol. The molecule has 10 heteroatoms. The maximum atomic E-state index is 14.1. The zero-order valence-corrected chi connectivity index (χ0v) is 27.3. The van der Waals surface area contributed by atoms with Crippen LogP contribution in [-0.4, -0.2) is 49.6 Å². The molecule has 1 heterocycles. The van der Waals surface area contributed by atoms with Gasteiger partial charge in [0.25, 0.3) is 0 Å². The number of hydrogen-bond acceptors (Lipinski definition) is 5. The van der Waals surface area contributed by atoms with E-state index < -0.39 is 16.1 Å². The fourth-order valence-corrected chi connectivity index (χ4v) is 7.30. The fraction of sp³-hybridized carbons (Fsp3) is 0.278. The highest BCUT2D eigenvalue weighted by molar-refractivity contribution is 7.89. The number of benzene rings is 4. The van der Waals surface area contributed by atoms with Gasteiger partial charge in [0.05, 0.1) is 12.0 Å². The molecule has 0 saturated carbocycles. The number of sulfonamides is 1. The first-order valence-corrected chi connectivity index (χ1v) is 17.2. The zero-order valence-electron chi connectivity index (χ0n) is 25.8. The van der Waals surface area contributed by atoms with Gasteiger partial charge in [-0.15, -0.1) is 0 Å². The van der Waals surface area contributed by atoms with E-state index in [0.717, 1.165) is 29.5 Å². The van der Waals surface area contributed by atoms with Crippen LogP contribution in [0.5, 0.6) is 5.75 Å². The summed E-state index contributed by atoms with van der Waals surface area (Å²) in [5, 5.41) is 3.54. The number of aryl methyl sites for hydroxylation is 1. The second-order valence-corrected chi connectivity index (χ2v) is 13.6. The molecule has 1 saturated heterocycles. The minimum atomic E-state index is -3.52. The van der Waals surface area contributed by atoms with Crippen LogP contribution in [-0.2, 0) is 39.1 Å². The summed E-state index contributed by atoms with van der Waals surface area (Å²) in [5.74, 6) is 0.143. The van der Waals surface area contributed by atoms with Crippen molar-refractivity contribution in [1.82, 2.24) is 14.5 Å². The molecule has 4 aromatic rings. The summed E-state index contributed by atoms with van der Waals surface area (Å²) in [6, 6.07) is 29.8. The Kier molecular flexibility index (Phi) is 11.1. The van der Waals surface area contributed by atoms with Crippen LogP contribution in [0.2, 0.25) is 5.02 Å². The fourth-order valence-electron chi connectivity index (χ4n) is 5.58. The number of methoxy groups -OCH3 is 1. The van der Waals surface area contributed by atoms with Gasteiger partial charge >= 0.3 is 0 Å². The van der Waals surface area contributed by atoms with Crippen LogP contribution in [0.1, 0.15) is 47.6 Å². The van der Waals surface area contributed by atoms with E-state index in [9.17, 15) is 18.0 Å². The van der Waals surface area contributed by atoms with Crippen molar-refractivity contribution in [3.05, 3.63) is 130 Å². The average Bonchev–Trinajstić information content (AvgIpc) is 3.64. The topological polar surface area (TPSA) is 96.0 Å². The highest BCUT2D eigenvalue weighted by Gasteiger charge is 2.32. The molecule has 1 aliphatic rings. The predicted molar refractivity (Wildman–Crippen MR) is 179 cm³/mol. The lowest BCUT2D eigenvalue weighted by Crippen LogP contribution is -2.43. The van der Waals surface area contributed by atoms with Gasteiger partial charge in [-0.3, -0.25) is 9.59 Å². The van der Waals surface area contributed by atoms with Crippen LogP contribution < -0.4 is 10.1 Å². The Balaban J connectivity index is 1.39. The molecule has 1 fully saturated rings. The number of halogens is 1. The first-order valence-electron chi connectivity index (χ1n) is 15.3. The molecule has 240 valence electrons. The highest BCUT2D eigenvalue weighted by atomic mass is 35.5. The molecule has 1 N–H and O–H groups in total. The van der Waals surface area contributed by atoms with Crippen LogP contribution in [0.15, 0.2) is 108 Å². The molecule has 1 aliphatic heterocycles. The van der Waals surface area contributed by atoms with E-state index >= 15 is 0 Å². The summed E-state index contributed by atoms with van der Waals surface area (Å²) in [6.07, 6.45) is 2.24. The number of carbonyl (C=O) groups excluding carboxylic acids is 2. The highest BCUT2D eigenvalue weighted by Crippen LogP contribution is 2.27. The number of rotatable bonds is 13. The molecule has 8 nitrogen and oxygen atoms in total. The molecule has 0 aromatic heterocycles. The van der Waals surface area contributed by atoms with Crippen LogP contribution >= 0.6 is 11.6 Å². The van der Waals surface area contributed by atoms with Crippen molar-refractivity contribution < 1.29 is 22.7 Å². The third-order valence-corrected chi connectivity index (χ3v) is 10.5. The molecule has 4 aromatic carbocycles. The predicted octanol–water partition coefficient (Wildman–Crippen LogP) is 6.15. The maximum absolute atomic E-state index is 14.1. The van der Waals surface area contributed by atoms with Crippen molar-refractivity contribution in [2.45, 2.75) is 49.7 Å². The van der Waals surface area contributed by atoms with Crippen LogP contribution in [0.25, 0.3) is 0 Å². The van der Waals surface area contributed by atoms with Crippen molar-refractivity contribution in [3.63, 3.8) is 0 Å². The van der Waals surface area contributed by atoms with E-state index in [1.807, 2.05) is 72.8 Å². The van der Waals surface area contributed by atoms with E-state index in [0.29, 0.717) is 35.8 Å². The summed E-state index contributed by atoms with van der Waals surface area (Å²) in [4.78, 5) is 29.9. The second-order valence-electron chi connectivity index (χ2n) is 11.2. The van der Waals surface area contributed by atoms with Gasteiger partial charge in [0.1, 0.15) is 11.8 Å².